The minimum Gasteiger partial charge on any atom is -0.316 e. The third-order valence-corrected chi connectivity index (χ3v) is 4.09. The van der Waals surface area contributed by atoms with Crippen LogP contribution in [0.2, 0.25) is 15.2 Å². The van der Waals surface area contributed by atoms with Crippen LogP contribution in [0.1, 0.15) is 0 Å². The lowest BCUT2D eigenvalue weighted by atomic mass is 10.5. The van der Waals surface area contributed by atoms with E-state index >= 15 is 0 Å². The molecule has 0 unspecified atom stereocenters. The van der Waals surface area contributed by atoms with Gasteiger partial charge in [0.15, 0.2) is 0 Å². The van der Waals surface area contributed by atoms with Gasteiger partial charge in [-0.25, -0.2) is 9.55 Å². The van der Waals surface area contributed by atoms with Crippen molar-refractivity contribution in [3.05, 3.63) is 21.3 Å². The van der Waals surface area contributed by atoms with Gasteiger partial charge < -0.3 is 9.79 Å². The first-order valence-electron chi connectivity index (χ1n) is 3.06. The highest BCUT2D eigenvalue weighted by molar-refractivity contribution is 8.54. The van der Waals surface area contributed by atoms with Crippen LogP contribution in [0.4, 0.5) is 0 Å². The van der Waals surface area contributed by atoms with Crippen LogP contribution in [0.3, 0.4) is 0 Å². The number of pyridine rings is 1. The Morgan fingerprint density at radius 3 is 2.36 bits per heavy atom. The quantitative estimate of drug-likeness (QED) is 0.647. The molecule has 0 fully saturated rings. The van der Waals surface area contributed by atoms with Gasteiger partial charge in [0, 0.05) is 11.4 Å². The summed E-state index contributed by atoms with van der Waals surface area (Å²) in [6.45, 7) is -4.28. The van der Waals surface area contributed by atoms with Crippen molar-refractivity contribution in [3.63, 3.8) is 0 Å². The third-order valence-electron chi connectivity index (χ3n) is 1.06. The van der Waals surface area contributed by atoms with Crippen LogP contribution in [-0.4, -0.2) is 14.8 Å². The lowest BCUT2D eigenvalue weighted by Gasteiger charge is -2.05. The van der Waals surface area contributed by atoms with E-state index in [2.05, 4.69) is 4.98 Å². The first-order chi connectivity index (χ1) is 6.29. The molecule has 0 radical (unpaired) electrons. The van der Waals surface area contributed by atoms with E-state index in [0.29, 0.717) is 0 Å². The Bertz CT molecular complexity index is 409. The Hall–Kier alpha value is 0.520. The maximum absolute atomic E-state index is 10.6. The summed E-state index contributed by atoms with van der Waals surface area (Å²) < 4.78 is 10.6. The molecule has 1 rings (SSSR count). The molecule has 2 N–H and O–H groups in total. The van der Waals surface area contributed by atoms with Gasteiger partial charge in [0.2, 0.25) is 0 Å². The third kappa shape index (κ3) is 3.59. The second-order valence-corrected chi connectivity index (χ2v) is 6.83. The first-order valence-corrected chi connectivity index (χ1v) is 7.23. The number of halogens is 3. The fourth-order valence-corrected chi connectivity index (χ4v) is 3.03. The predicted octanol–water partition coefficient (Wildman–Crippen LogP) is 3.23. The fourth-order valence-electron chi connectivity index (χ4n) is 0.605. The summed E-state index contributed by atoms with van der Waals surface area (Å²) >= 11 is 17.0. The standard InChI is InChI=1S/C5H3Cl3NO3PS/c6-2-1-3(7)5(9-4(2)8)14-13(10,11)12/h1H,(H2,10,11,12). The van der Waals surface area contributed by atoms with Crippen molar-refractivity contribution in [1.29, 1.82) is 0 Å². The van der Waals surface area contributed by atoms with E-state index in [1.54, 1.807) is 0 Å². The smallest absolute Gasteiger partial charge is 0.316 e. The van der Waals surface area contributed by atoms with Gasteiger partial charge in [0.1, 0.15) is 10.2 Å². The molecule has 0 spiro atoms. The van der Waals surface area contributed by atoms with Crippen molar-refractivity contribution in [2.45, 2.75) is 5.03 Å². The molecule has 0 saturated heterocycles. The highest BCUT2D eigenvalue weighted by atomic mass is 35.5. The van der Waals surface area contributed by atoms with Gasteiger partial charge in [-0.3, -0.25) is 0 Å². The lowest BCUT2D eigenvalue weighted by Crippen LogP contribution is -1.84. The molecule has 0 aliphatic heterocycles. The van der Waals surface area contributed by atoms with Gasteiger partial charge in [-0.15, -0.1) is 0 Å². The molecule has 78 valence electrons. The second kappa shape index (κ2) is 4.58. The van der Waals surface area contributed by atoms with E-state index < -0.39 is 6.80 Å². The van der Waals surface area contributed by atoms with Crippen molar-refractivity contribution in [2.24, 2.45) is 0 Å². The summed E-state index contributed by atoms with van der Waals surface area (Å²) in [5.74, 6) is 0. The normalized spacial score (nSPS) is 11.8. The lowest BCUT2D eigenvalue weighted by molar-refractivity contribution is 0.397. The molecular formula is C5H3Cl3NO3PS. The first kappa shape index (κ1) is 12.6. The van der Waals surface area contributed by atoms with E-state index in [1.807, 2.05) is 0 Å². The van der Waals surface area contributed by atoms with Crippen LogP contribution in [-0.2, 0) is 4.57 Å². The number of hydrogen-bond donors (Lipinski definition) is 2. The number of aromatic nitrogens is 1. The van der Waals surface area contributed by atoms with Crippen LogP contribution in [0.5, 0.6) is 0 Å². The molecule has 1 aromatic heterocycles. The van der Waals surface area contributed by atoms with Crippen LogP contribution in [0, 0.1) is 0 Å². The van der Waals surface area contributed by atoms with Crippen LogP contribution >= 0.6 is 53.0 Å². The SMILES string of the molecule is O=P(O)(O)Sc1nc(Cl)c(Cl)cc1Cl. The largest absolute Gasteiger partial charge is 0.390 e. The van der Waals surface area contributed by atoms with Crippen molar-refractivity contribution in [2.75, 3.05) is 0 Å². The Morgan fingerprint density at radius 2 is 1.86 bits per heavy atom. The minimum absolute atomic E-state index is 0.0469. The van der Waals surface area contributed by atoms with Gasteiger partial charge in [-0.1, -0.05) is 34.8 Å². The molecule has 14 heavy (non-hydrogen) atoms. The predicted molar refractivity (Wildman–Crippen MR) is 57.2 cm³/mol. The molecular weight excluding hydrogens is 291 g/mol. The van der Waals surface area contributed by atoms with Crippen LogP contribution in [0.15, 0.2) is 11.1 Å². The molecule has 1 aromatic rings. The molecule has 0 aliphatic carbocycles. The maximum atomic E-state index is 10.6. The summed E-state index contributed by atoms with van der Waals surface area (Å²) in [7, 11) is 0. The Labute approximate surface area is 98.5 Å². The van der Waals surface area contributed by atoms with Crippen molar-refractivity contribution < 1.29 is 14.4 Å². The van der Waals surface area contributed by atoms with Crippen LogP contribution in [0.25, 0.3) is 0 Å². The second-order valence-electron chi connectivity index (χ2n) is 2.13. The van der Waals surface area contributed by atoms with Crippen LogP contribution < -0.4 is 0 Å². The Balaban J connectivity index is 3.11. The zero-order valence-corrected chi connectivity index (χ0v) is 10.3. The van der Waals surface area contributed by atoms with Gasteiger partial charge in [0.25, 0.3) is 0 Å². The molecule has 0 aromatic carbocycles. The summed E-state index contributed by atoms with van der Waals surface area (Å²) in [4.78, 5) is 20.9. The van der Waals surface area contributed by atoms with Gasteiger partial charge in [0.05, 0.1) is 10.0 Å². The zero-order valence-electron chi connectivity index (χ0n) is 6.32. The molecule has 0 amide bonds. The zero-order chi connectivity index (χ0) is 10.9. The number of nitrogens with zero attached hydrogens (tertiary/aromatic N) is 1. The molecule has 0 saturated carbocycles. The van der Waals surface area contributed by atoms with Crippen molar-refractivity contribution in [1.82, 2.24) is 4.98 Å². The number of rotatable bonds is 2. The molecule has 0 aliphatic rings. The summed E-state index contributed by atoms with van der Waals surface area (Å²) in [5, 5.41) is 0.0841. The molecule has 1 heterocycles. The Morgan fingerprint density at radius 1 is 1.29 bits per heavy atom. The monoisotopic (exact) mass is 293 g/mol. The highest BCUT2D eigenvalue weighted by Crippen LogP contribution is 2.55. The van der Waals surface area contributed by atoms with Crippen molar-refractivity contribution in [3.8, 4) is 0 Å². The van der Waals surface area contributed by atoms with Gasteiger partial charge in [-0.2, -0.15) is 0 Å². The Kier molecular flexibility index (Phi) is 4.11. The van der Waals surface area contributed by atoms with E-state index in [9.17, 15) is 4.57 Å². The van der Waals surface area contributed by atoms with E-state index in [0.717, 1.165) is 0 Å². The fraction of sp³-hybridized carbons (Fsp3) is 0. The highest BCUT2D eigenvalue weighted by Gasteiger charge is 2.20. The van der Waals surface area contributed by atoms with Gasteiger partial charge in [-0.05, 0) is 6.07 Å². The van der Waals surface area contributed by atoms with E-state index in [-0.39, 0.29) is 31.6 Å². The average molecular weight is 294 g/mol. The molecule has 4 nitrogen and oxygen atoms in total. The summed E-state index contributed by atoms with van der Waals surface area (Å²) in [6, 6.07) is 1.27. The number of hydrogen-bond acceptors (Lipinski definition) is 3. The van der Waals surface area contributed by atoms with E-state index in [4.69, 9.17) is 44.6 Å². The summed E-state index contributed by atoms with van der Waals surface area (Å²) in [6.07, 6.45) is 0. The topological polar surface area (TPSA) is 70.4 Å². The van der Waals surface area contributed by atoms with Gasteiger partial charge >= 0.3 is 6.80 Å². The molecule has 9 heteroatoms. The van der Waals surface area contributed by atoms with E-state index in [1.165, 1.54) is 6.07 Å². The minimum atomic E-state index is -4.28. The molecule has 0 atom stereocenters. The van der Waals surface area contributed by atoms with Crippen molar-refractivity contribution >= 4 is 53.0 Å². The molecule has 0 bridgehead atoms. The summed E-state index contributed by atoms with van der Waals surface area (Å²) in [5.41, 5.74) is 0. The maximum Gasteiger partial charge on any atom is 0.390 e. The average Bonchev–Trinajstić information content (AvgIpc) is 1.97.